The Labute approximate surface area is 169 Å². The van der Waals surface area contributed by atoms with Crippen molar-refractivity contribution in [3.63, 3.8) is 0 Å². The minimum Gasteiger partial charge on any atom is -0.459 e. The third kappa shape index (κ3) is 5.00. The zero-order valence-electron chi connectivity index (χ0n) is 16.7. The fourth-order valence-corrected chi connectivity index (χ4v) is 2.86. The van der Waals surface area contributed by atoms with E-state index in [0.29, 0.717) is 16.8 Å². The maximum Gasteiger partial charge on any atom is 0.573 e. The van der Waals surface area contributed by atoms with E-state index in [1.165, 1.54) is 24.3 Å². The molecule has 7 nitrogen and oxygen atoms in total. The zero-order valence-corrected chi connectivity index (χ0v) is 16.7. The lowest BCUT2D eigenvalue weighted by Gasteiger charge is -2.19. The molecule has 0 aliphatic rings. The van der Waals surface area contributed by atoms with Gasteiger partial charge < -0.3 is 13.9 Å². The van der Waals surface area contributed by atoms with Crippen molar-refractivity contribution in [1.82, 2.24) is 9.55 Å². The molecular formula is C20H19F3N2O5. The first-order valence-corrected chi connectivity index (χ1v) is 8.91. The molecule has 0 fully saturated rings. The van der Waals surface area contributed by atoms with Crippen molar-refractivity contribution in [1.29, 1.82) is 0 Å². The summed E-state index contributed by atoms with van der Waals surface area (Å²) in [5.74, 6) is -1.76. The van der Waals surface area contributed by atoms with Gasteiger partial charge in [-0.1, -0.05) is 0 Å². The molecule has 0 saturated heterocycles. The van der Waals surface area contributed by atoms with E-state index in [1.807, 2.05) is 0 Å². The van der Waals surface area contributed by atoms with Crippen LogP contribution in [0, 0.1) is 6.92 Å². The summed E-state index contributed by atoms with van der Waals surface area (Å²) in [6.45, 7) is 6.32. The topological polar surface area (TPSA) is 83.6 Å². The molecule has 0 aliphatic heterocycles. The lowest BCUT2D eigenvalue weighted by Crippen LogP contribution is -2.29. The van der Waals surface area contributed by atoms with Crippen molar-refractivity contribution in [2.45, 2.75) is 46.2 Å². The van der Waals surface area contributed by atoms with Crippen molar-refractivity contribution < 1.29 is 31.9 Å². The summed E-state index contributed by atoms with van der Waals surface area (Å²) in [5, 5.41) is 0. The lowest BCUT2D eigenvalue weighted by molar-refractivity contribution is -0.274. The van der Waals surface area contributed by atoms with Crippen molar-refractivity contribution >= 4 is 17.2 Å². The molecule has 0 amide bonds. The van der Waals surface area contributed by atoms with Gasteiger partial charge >= 0.3 is 18.1 Å². The molecule has 0 N–H and O–H groups in total. The molecule has 3 rings (SSSR count). The van der Waals surface area contributed by atoms with Gasteiger partial charge in [-0.25, -0.2) is 14.3 Å². The minimum absolute atomic E-state index is 0.123. The molecule has 0 atom stereocenters. The standard InChI is InChI=1S/C20H19F3N2O5/c1-11-9-12(29-20(21,22)23)5-6-13(11)14-7-8-15-17(24-14)25(18(27)28-15)10-16(26)30-19(2,3)4/h5-9H,10H2,1-4H3. The van der Waals surface area contributed by atoms with E-state index < -0.39 is 30.2 Å². The van der Waals surface area contributed by atoms with Crippen LogP contribution < -0.4 is 10.5 Å². The van der Waals surface area contributed by atoms with Gasteiger partial charge in [0.25, 0.3) is 0 Å². The number of benzene rings is 1. The third-order valence-corrected chi connectivity index (χ3v) is 3.93. The summed E-state index contributed by atoms with van der Waals surface area (Å²) in [7, 11) is 0. The summed E-state index contributed by atoms with van der Waals surface area (Å²) in [5.41, 5.74) is 0.963. The average Bonchev–Trinajstić information content (AvgIpc) is 2.87. The number of oxazole rings is 1. The predicted octanol–water partition coefficient (Wildman–Crippen LogP) is 4.21. The van der Waals surface area contributed by atoms with Crippen LogP contribution in [-0.2, 0) is 16.1 Å². The van der Waals surface area contributed by atoms with E-state index >= 15 is 0 Å². The molecule has 1 aromatic carbocycles. The molecule has 0 spiro atoms. The number of esters is 1. The number of carbonyl (C=O) groups is 1. The van der Waals surface area contributed by atoms with E-state index in [4.69, 9.17) is 9.15 Å². The fraction of sp³-hybridized carbons (Fsp3) is 0.350. The molecule has 0 bridgehead atoms. The highest BCUT2D eigenvalue weighted by molar-refractivity contribution is 5.77. The molecule has 0 saturated carbocycles. The maximum atomic E-state index is 12.4. The smallest absolute Gasteiger partial charge is 0.459 e. The van der Waals surface area contributed by atoms with Gasteiger partial charge in [0.15, 0.2) is 11.2 Å². The van der Waals surface area contributed by atoms with Crippen molar-refractivity contribution in [2.24, 2.45) is 0 Å². The second-order valence-corrected chi connectivity index (χ2v) is 7.58. The van der Waals surface area contributed by atoms with Crippen LogP contribution in [0.4, 0.5) is 13.2 Å². The number of aromatic nitrogens is 2. The van der Waals surface area contributed by atoms with Crippen LogP contribution in [0.3, 0.4) is 0 Å². The fourth-order valence-electron chi connectivity index (χ4n) is 2.86. The minimum atomic E-state index is -4.79. The molecule has 0 radical (unpaired) electrons. The van der Waals surface area contributed by atoms with Crippen LogP contribution in [0.15, 0.2) is 39.5 Å². The molecule has 160 valence electrons. The summed E-state index contributed by atoms with van der Waals surface area (Å²) < 4.78 is 52.5. The number of carbonyl (C=O) groups excluding carboxylic acids is 1. The van der Waals surface area contributed by atoms with Crippen LogP contribution in [0.25, 0.3) is 22.5 Å². The molecule has 30 heavy (non-hydrogen) atoms. The Balaban J connectivity index is 1.97. The number of alkyl halides is 3. The maximum absolute atomic E-state index is 12.4. The number of hydrogen-bond donors (Lipinski definition) is 0. The van der Waals surface area contributed by atoms with E-state index in [-0.39, 0.29) is 17.0 Å². The second kappa shape index (κ2) is 7.51. The highest BCUT2D eigenvalue weighted by Crippen LogP contribution is 2.30. The van der Waals surface area contributed by atoms with E-state index in [2.05, 4.69) is 9.72 Å². The number of fused-ring (bicyclic) bond motifs is 1. The Morgan fingerprint density at radius 1 is 1.17 bits per heavy atom. The van der Waals surface area contributed by atoms with Gasteiger partial charge in [-0.2, -0.15) is 0 Å². The largest absolute Gasteiger partial charge is 0.573 e. The normalized spacial score (nSPS) is 12.2. The predicted molar refractivity (Wildman–Crippen MR) is 101 cm³/mol. The average molecular weight is 424 g/mol. The summed E-state index contributed by atoms with van der Waals surface area (Å²) >= 11 is 0. The van der Waals surface area contributed by atoms with Crippen molar-refractivity contribution in [3.8, 4) is 17.0 Å². The number of ether oxygens (including phenoxy) is 2. The Morgan fingerprint density at radius 2 is 1.87 bits per heavy atom. The van der Waals surface area contributed by atoms with E-state index in [9.17, 15) is 22.8 Å². The molecule has 3 aromatic rings. The molecule has 2 aromatic heterocycles. The third-order valence-electron chi connectivity index (χ3n) is 3.93. The van der Waals surface area contributed by atoms with Gasteiger partial charge in [0.2, 0.25) is 0 Å². The van der Waals surface area contributed by atoms with Gasteiger partial charge in [-0.05, 0) is 63.6 Å². The first kappa shape index (κ1) is 21.4. The Kier molecular flexibility index (Phi) is 5.36. The zero-order chi connectivity index (χ0) is 22.3. The van der Waals surface area contributed by atoms with Gasteiger partial charge in [0.05, 0.1) is 5.69 Å². The van der Waals surface area contributed by atoms with E-state index in [0.717, 1.165) is 4.57 Å². The second-order valence-electron chi connectivity index (χ2n) is 7.58. The number of halogens is 3. The van der Waals surface area contributed by atoms with Crippen LogP contribution in [0.1, 0.15) is 26.3 Å². The van der Waals surface area contributed by atoms with Gasteiger partial charge in [-0.15, -0.1) is 13.2 Å². The monoisotopic (exact) mass is 424 g/mol. The van der Waals surface area contributed by atoms with Crippen LogP contribution >= 0.6 is 0 Å². The van der Waals surface area contributed by atoms with Gasteiger partial charge in [0.1, 0.15) is 17.9 Å². The van der Waals surface area contributed by atoms with E-state index in [1.54, 1.807) is 33.8 Å². The van der Waals surface area contributed by atoms with Crippen molar-refractivity contribution in [2.75, 3.05) is 0 Å². The highest BCUT2D eigenvalue weighted by Gasteiger charge is 2.31. The van der Waals surface area contributed by atoms with Crippen molar-refractivity contribution in [3.05, 3.63) is 46.4 Å². The van der Waals surface area contributed by atoms with Gasteiger partial charge in [0, 0.05) is 5.56 Å². The number of pyridine rings is 1. The Bertz CT molecular complexity index is 1160. The van der Waals surface area contributed by atoms with Crippen LogP contribution in [0.5, 0.6) is 5.75 Å². The molecule has 2 heterocycles. The molecule has 0 unspecified atom stereocenters. The SMILES string of the molecule is Cc1cc(OC(F)(F)F)ccc1-c1ccc2oc(=O)n(CC(=O)OC(C)(C)C)c2n1. The van der Waals surface area contributed by atoms with Gasteiger partial charge in [-0.3, -0.25) is 4.79 Å². The summed E-state index contributed by atoms with van der Waals surface area (Å²) in [4.78, 5) is 28.7. The number of rotatable bonds is 4. The Morgan fingerprint density at radius 3 is 2.47 bits per heavy atom. The number of aryl methyl sites for hydroxylation is 1. The summed E-state index contributed by atoms with van der Waals surface area (Å²) in [6, 6.07) is 6.91. The molecular weight excluding hydrogens is 405 g/mol. The molecule has 0 aliphatic carbocycles. The number of hydrogen-bond acceptors (Lipinski definition) is 6. The molecule has 10 heteroatoms. The van der Waals surface area contributed by atoms with Crippen LogP contribution in [-0.4, -0.2) is 27.5 Å². The van der Waals surface area contributed by atoms with Crippen LogP contribution in [0.2, 0.25) is 0 Å². The first-order chi connectivity index (χ1) is 13.8. The number of nitrogens with zero attached hydrogens (tertiary/aromatic N) is 2. The Hall–Kier alpha value is -3.30. The lowest BCUT2D eigenvalue weighted by atomic mass is 10.0. The first-order valence-electron chi connectivity index (χ1n) is 8.91. The quantitative estimate of drug-likeness (QED) is 0.584. The summed E-state index contributed by atoms with van der Waals surface area (Å²) in [6.07, 6.45) is -4.79. The highest BCUT2D eigenvalue weighted by atomic mass is 19.4.